The minimum atomic E-state index is -0.350. The van der Waals surface area contributed by atoms with Crippen molar-refractivity contribution in [1.29, 1.82) is 0 Å². The van der Waals surface area contributed by atoms with Crippen LogP contribution < -0.4 is 11.3 Å². The summed E-state index contributed by atoms with van der Waals surface area (Å²) < 4.78 is 13.4. The Labute approximate surface area is 116 Å². The number of halogens is 1. The van der Waals surface area contributed by atoms with Crippen LogP contribution in [0.3, 0.4) is 0 Å². The van der Waals surface area contributed by atoms with Crippen molar-refractivity contribution in [2.75, 3.05) is 0 Å². The predicted octanol–water partition coefficient (Wildman–Crippen LogP) is 2.93. The summed E-state index contributed by atoms with van der Waals surface area (Å²) in [7, 11) is 0. The van der Waals surface area contributed by atoms with Crippen LogP contribution >= 0.6 is 0 Å². The SMILES string of the molecule is NNC(c1cccc(F)c1)c1nccc2ccccc12. The number of benzene rings is 2. The summed E-state index contributed by atoms with van der Waals surface area (Å²) in [6.45, 7) is 0. The summed E-state index contributed by atoms with van der Waals surface area (Å²) >= 11 is 0. The highest BCUT2D eigenvalue weighted by atomic mass is 19.1. The van der Waals surface area contributed by atoms with Crippen molar-refractivity contribution in [3.8, 4) is 0 Å². The van der Waals surface area contributed by atoms with Crippen LogP contribution in [0.1, 0.15) is 17.3 Å². The van der Waals surface area contributed by atoms with Gasteiger partial charge >= 0.3 is 0 Å². The molecule has 0 fully saturated rings. The molecule has 1 aromatic heterocycles. The molecule has 0 spiro atoms. The average Bonchev–Trinajstić information content (AvgIpc) is 2.48. The second kappa shape index (κ2) is 5.36. The Hall–Kier alpha value is -2.30. The van der Waals surface area contributed by atoms with E-state index < -0.39 is 0 Å². The van der Waals surface area contributed by atoms with Crippen LogP contribution in [0.4, 0.5) is 4.39 Å². The van der Waals surface area contributed by atoms with Gasteiger partial charge in [0.05, 0.1) is 11.7 Å². The largest absolute Gasteiger partial charge is 0.271 e. The molecule has 0 amide bonds. The molecule has 0 aliphatic rings. The standard InChI is InChI=1S/C16H14FN3/c17-13-6-3-5-12(10-13)15(20-18)16-14-7-2-1-4-11(14)8-9-19-16/h1-10,15,20H,18H2. The molecule has 2 aromatic carbocycles. The molecule has 4 heteroatoms. The molecule has 3 aromatic rings. The molecule has 20 heavy (non-hydrogen) atoms. The first-order valence-electron chi connectivity index (χ1n) is 6.35. The van der Waals surface area contributed by atoms with Crippen LogP contribution in [-0.4, -0.2) is 4.98 Å². The molecule has 0 aliphatic carbocycles. The summed E-state index contributed by atoms with van der Waals surface area (Å²) in [5.74, 6) is 5.38. The van der Waals surface area contributed by atoms with Gasteiger partial charge in [-0.3, -0.25) is 10.8 Å². The van der Waals surface area contributed by atoms with Crippen LogP contribution in [-0.2, 0) is 0 Å². The van der Waals surface area contributed by atoms with Crippen molar-refractivity contribution < 1.29 is 4.39 Å². The lowest BCUT2D eigenvalue weighted by molar-refractivity contribution is 0.600. The molecule has 0 saturated heterocycles. The monoisotopic (exact) mass is 267 g/mol. The summed E-state index contributed by atoms with van der Waals surface area (Å²) in [6.07, 6.45) is 1.74. The van der Waals surface area contributed by atoms with Gasteiger partial charge in [-0.1, -0.05) is 36.4 Å². The molecule has 3 nitrogen and oxygen atoms in total. The number of nitrogens with two attached hydrogens (primary N) is 1. The lowest BCUT2D eigenvalue weighted by atomic mass is 9.99. The number of hydrogen-bond acceptors (Lipinski definition) is 3. The highest BCUT2D eigenvalue weighted by molar-refractivity contribution is 5.85. The molecule has 0 aliphatic heterocycles. The first-order valence-corrected chi connectivity index (χ1v) is 6.35. The van der Waals surface area contributed by atoms with Gasteiger partial charge in [-0.2, -0.15) is 0 Å². The summed E-state index contributed by atoms with van der Waals surface area (Å²) in [5, 5.41) is 2.08. The van der Waals surface area contributed by atoms with Crippen molar-refractivity contribution in [3.63, 3.8) is 0 Å². The predicted molar refractivity (Wildman–Crippen MR) is 77.3 cm³/mol. The van der Waals surface area contributed by atoms with Gasteiger partial charge in [0.25, 0.3) is 0 Å². The van der Waals surface area contributed by atoms with Gasteiger partial charge in [0, 0.05) is 11.6 Å². The van der Waals surface area contributed by atoms with Crippen LogP contribution in [0.5, 0.6) is 0 Å². The number of nitrogens with one attached hydrogen (secondary N) is 1. The molecule has 0 bridgehead atoms. The zero-order valence-electron chi connectivity index (χ0n) is 10.8. The van der Waals surface area contributed by atoms with Crippen molar-refractivity contribution >= 4 is 10.8 Å². The van der Waals surface area contributed by atoms with Crippen molar-refractivity contribution in [2.24, 2.45) is 5.84 Å². The number of rotatable bonds is 3. The van der Waals surface area contributed by atoms with Gasteiger partial charge in [0.1, 0.15) is 5.82 Å². The fraction of sp³-hybridized carbons (Fsp3) is 0.0625. The molecule has 0 radical (unpaired) electrons. The summed E-state index contributed by atoms with van der Waals surface area (Å²) in [5.41, 5.74) is 4.26. The van der Waals surface area contributed by atoms with Crippen LogP contribution in [0, 0.1) is 5.82 Å². The van der Waals surface area contributed by atoms with Gasteiger partial charge in [0.2, 0.25) is 0 Å². The van der Waals surface area contributed by atoms with Crippen LogP contribution in [0.25, 0.3) is 10.8 Å². The van der Waals surface area contributed by atoms with E-state index in [1.807, 2.05) is 36.4 Å². The van der Waals surface area contributed by atoms with E-state index in [1.165, 1.54) is 12.1 Å². The maximum absolute atomic E-state index is 13.4. The van der Waals surface area contributed by atoms with Crippen molar-refractivity contribution in [3.05, 3.63) is 77.9 Å². The first kappa shape index (κ1) is 12.7. The zero-order valence-corrected chi connectivity index (χ0v) is 10.8. The Kier molecular flexibility index (Phi) is 3.41. The van der Waals surface area contributed by atoms with E-state index in [0.29, 0.717) is 0 Å². The molecular formula is C16H14FN3. The number of hydrogen-bond donors (Lipinski definition) is 2. The highest BCUT2D eigenvalue weighted by Gasteiger charge is 2.16. The third-order valence-corrected chi connectivity index (χ3v) is 3.33. The zero-order chi connectivity index (χ0) is 13.9. The Morgan fingerprint density at radius 3 is 2.70 bits per heavy atom. The van der Waals surface area contributed by atoms with Gasteiger partial charge in [-0.25, -0.2) is 9.82 Å². The molecule has 0 saturated carbocycles. The van der Waals surface area contributed by atoms with Crippen LogP contribution in [0.15, 0.2) is 60.8 Å². The maximum Gasteiger partial charge on any atom is 0.123 e. The van der Waals surface area contributed by atoms with E-state index in [4.69, 9.17) is 5.84 Å². The second-order valence-corrected chi connectivity index (χ2v) is 4.57. The van der Waals surface area contributed by atoms with E-state index in [2.05, 4.69) is 10.4 Å². The first-order chi connectivity index (χ1) is 9.79. The minimum absolute atomic E-state index is 0.289. The Morgan fingerprint density at radius 1 is 1.05 bits per heavy atom. The second-order valence-electron chi connectivity index (χ2n) is 4.57. The van der Waals surface area contributed by atoms with E-state index >= 15 is 0 Å². The van der Waals surface area contributed by atoms with E-state index in [1.54, 1.807) is 12.3 Å². The normalized spacial score (nSPS) is 12.5. The minimum Gasteiger partial charge on any atom is -0.271 e. The molecule has 1 atom stereocenters. The number of pyridine rings is 1. The maximum atomic E-state index is 13.4. The molecule has 1 heterocycles. The van der Waals surface area contributed by atoms with Crippen LogP contribution in [0.2, 0.25) is 0 Å². The number of nitrogens with zero attached hydrogens (tertiary/aromatic N) is 1. The van der Waals surface area contributed by atoms with Gasteiger partial charge < -0.3 is 0 Å². The fourth-order valence-corrected chi connectivity index (χ4v) is 2.39. The van der Waals surface area contributed by atoms with Crippen molar-refractivity contribution in [2.45, 2.75) is 6.04 Å². The van der Waals surface area contributed by atoms with Gasteiger partial charge in [0.15, 0.2) is 0 Å². The number of aromatic nitrogens is 1. The lowest BCUT2D eigenvalue weighted by Gasteiger charge is -2.17. The number of hydrazine groups is 1. The summed E-state index contributed by atoms with van der Waals surface area (Å²) in [6, 6.07) is 15.9. The van der Waals surface area contributed by atoms with Gasteiger partial charge in [-0.05, 0) is 29.1 Å². The Morgan fingerprint density at radius 2 is 1.90 bits per heavy atom. The Balaban J connectivity index is 2.17. The number of fused-ring (bicyclic) bond motifs is 1. The summed E-state index contributed by atoms with van der Waals surface area (Å²) in [4.78, 5) is 4.42. The molecule has 100 valence electrons. The van der Waals surface area contributed by atoms with E-state index in [9.17, 15) is 4.39 Å². The van der Waals surface area contributed by atoms with E-state index in [0.717, 1.165) is 22.0 Å². The third-order valence-electron chi connectivity index (χ3n) is 3.33. The molecular weight excluding hydrogens is 253 g/mol. The molecule has 3 rings (SSSR count). The molecule has 3 N–H and O–H groups in total. The lowest BCUT2D eigenvalue weighted by Crippen LogP contribution is -2.29. The quantitative estimate of drug-likeness (QED) is 0.566. The third kappa shape index (κ3) is 2.27. The van der Waals surface area contributed by atoms with Crippen molar-refractivity contribution in [1.82, 2.24) is 10.4 Å². The Bertz CT molecular complexity index is 737. The fourth-order valence-electron chi connectivity index (χ4n) is 2.39. The molecule has 1 unspecified atom stereocenters. The highest BCUT2D eigenvalue weighted by Crippen LogP contribution is 2.26. The van der Waals surface area contributed by atoms with Gasteiger partial charge in [-0.15, -0.1) is 0 Å². The topological polar surface area (TPSA) is 50.9 Å². The van der Waals surface area contributed by atoms with E-state index in [-0.39, 0.29) is 11.9 Å². The average molecular weight is 267 g/mol. The smallest absolute Gasteiger partial charge is 0.123 e.